The Bertz CT molecular complexity index is 555. The van der Waals surface area contributed by atoms with E-state index < -0.39 is 5.60 Å². The number of aromatic nitrogens is 2. The van der Waals surface area contributed by atoms with Gasteiger partial charge in [0.25, 0.3) is 0 Å². The summed E-state index contributed by atoms with van der Waals surface area (Å²) in [4.78, 5) is 0. The number of benzene rings is 1. The van der Waals surface area contributed by atoms with E-state index in [4.69, 9.17) is 0 Å². The van der Waals surface area contributed by atoms with Crippen LogP contribution >= 0.6 is 0 Å². The van der Waals surface area contributed by atoms with Crippen molar-refractivity contribution < 1.29 is 5.11 Å². The van der Waals surface area contributed by atoms with Gasteiger partial charge in [-0.2, -0.15) is 5.10 Å². The molecular formula is C17H24N2O. The molecule has 0 spiro atoms. The van der Waals surface area contributed by atoms with Crippen molar-refractivity contribution in [1.29, 1.82) is 0 Å². The van der Waals surface area contributed by atoms with Gasteiger partial charge in [0, 0.05) is 18.7 Å². The van der Waals surface area contributed by atoms with Crippen molar-refractivity contribution in [2.45, 2.75) is 52.2 Å². The van der Waals surface area contributed by atoms with Gasteiger partial charge in [0.05, 0.1) is 11.3 Å². The van der Waals surface area contributed by atoms with Crippen LogP contribution in [0.25, 0.3) is 0 Å². The number of aryl methyl sites for hydroxylation is 1. The van der Waals surface area contributed by atoms with Crippen LogP contribution in [0.4, 0.5) is 0 Å². The lowest BCUT2D eigenvalue weighted by atomic mass is 9.91. The summed E-state index contributed by atoms with van der Waals surface area (Å²) in [6.45, 7) is 8.19. The lowest BCUT2D eigenvalue weighted by molar-refractivity contribution is 0.0563. The fourth-order valence-corrected chi connectivity index (χ4v) is 2.27. The van der Waals surface area contributed by atoms with Crippen LogP contribution in [0.15, 0.2) is 36.5 Å². The van der Waals surface area contributed by atoms with Crippen molar-refractivity contribution in [3.05, 3.63) is 53.3 Å². The fraction of sp³-hybridized carbons (Fsp3) is 0.471. The Morgan fingerprint density at radius 1 is 1.25 bits per heavy atom. The normalized spacial score (nSPS) is 15.8. The van der Waals surface area contributed by atoms with Gasteiger partial charge in [0.15, 0.2) is 0 Å². The molecule has 1 heterocycles. The van der Waals surface area contributed by atoms with Gasteiger partial charge in [-0.25, -0.2) is 0 Å². The minimum Gasteiger partial charge on any atom is -0.385 e. The molecule has 2 aromatic rings. The molecule has 1 aromatic heterocycles. The lowest BCUT2D eigenvalue weighted by Gasteiger charge is -2.23. The Labute approximate surface area is 121 Å². The molecule has 0 aliphatic rings. The molecular weight excluding hydrogens is 248 g/mol. The summed E-state index contributed by atoms with van der Waals surface area (Å²) in [5, 5.41) is 15.3. The molecule has 2 unspecified atom stereocenters. The first-order valence-corrected chi connectivity index (χ1v) is 7.26. The molecule has 0 radical (unpaired) electrons. The molecule has 0 aliphatic carbocycles. The van der Waals surface area contributed by atoms with E-state index in [9.17, 15) is 5.11 Å². The van der Waals surface area contributed by atoms with E-state index >= 15 is 0 Å². The van der Waals surface area contributed by atoms with Crippen LogP contribution in [-0.4, -0.2) is 14.9 Å². The summed E-state index contributed by atoms with van der Waals surface area (Å²) < 4.78 is 1.97. The van der Waals surface area contributed by atoms with Crippen molar-refractivity contribution in [1.82, 2.24) is 9.78 Å². The van der Waals surface area contributed by atoms with Crippen LogP contribution in [-0.2, 0) is 12.0 Å². The van der Waals surface area contributed by atoms with E-state index in [1.165, 1.54) is 5.56 Å². The molecule has 2 atom stereocenters. The number of hydrogen-bond donors (Lipinski definition) is 1. The second kappa shape index (κ2) is 5.80. The maximum absolute atomic E-state index is 10.7. The monoisotopic (exact) mass is 272 g/mol. The largest absolute Gasteiger partial charge is 0.385 e. The van der Waals surface area contributed by atoms with Gasteiger partial charge < -0.3 is 5.11 Å². The lowest BCUT2D eigenvalue weighted by Crippen LogP contribution is -2.24. The number of hydrogen-bond acceptors (Lipinski definition) is 2. The van der Waals surface area contributed by atoms with E-state index in [1.807, 2.05) is 55.1 Å². The number of nitrogens with zero attached hydrogens (tertiary/aromatic N) is 2. The summed E-state index contributed by atoms with van der Waals surface area (Å²) >= 11 is 0. The predicted octanol–water partition coefficient (Wildman–Crippen LogP) is 3.61. The van der Waals surface area contributed by atoms with Crippen molar-refractivity contribution in [3.8, 4) is 0 Å². The van der Waals surface area contributed by atoms with Crippen molar-refractivity contribution in [2.24, 2.45) is 0 Å². The summed E-state index contributed by atoms with van der Waals surface area (Å²) in [6.07, 6.45) is 3.57. The average Bonchev–Trinajstić information content (AvgIpc) is 2.86. The van der Waals surface area contributed by atoms with Crippen LogP contribution in [0, 0.1) is 6.92 Å². The summed E-state index contributed by atoms with van der Waals surface area (Å²) in [5.41, 5.74) is 2.17. The first kappa shape index (κ1) is 14.8. The molecule has 108 valence electrons. The standard InChI is InChI=1S/C17H24N2O/c1-5-14(3)19-11-10-16(18-19)12-17(4,20)15-8-6-13(2)7-9-15/h6-11,14,20H,5,12H2,1-4H3. The Morgan fingerprint density at radius 2 is 1.90 bits per heavy atom. The van der Waals surface area contributed by atoms with Gasteiger partial charge in [-0.15, -0.1) is 0 Å². The maximum Gasteiger partial charge on any atom is 0.0924 e. The number of aliphatic hydroxyl groups is 1. The highest BCUT2D eigenvalue weighted by atomic mass is 16.3. The zero-order valence-corrected chi connectivity index (χ0v) is 12.8. The van der Waals surface area contributed by atoms with Gasteiger partial charge in [0.1, 0.15) is 0 Å². The topological polar surface area (TPSA) is 38.0 Å². The first-order valence-electron chi connectivity index (χ1n) is 7.26. The smallest absolute Gasteiger partial charge is 0.0924 e. The summed E-state index contributed by atoms with van der Waals surface area (Å²) in [5.74, 6) is 0. The minimum absolute atomic E-state index is 0.396. The van der Waals surface area contributed by atoms with Crippen LogP contribution < -0.4 is 0 Å². The molecule has 1 N–H and O–H groups in total. The second-order valence-corrected chi connectivity index (χ2v) is 5.86. The second-order valence-electron chi connectivity index (χ2n) is 5.86. The van der Waals surface area contributed by atoms with E-state index in [2.05, 4.69) is 18.9 Å². The Morgan fingerprint density at radius 3 is 2.50 bits per heavy atom. The van der Waals surface area contributed by atoms with E-state index in [0.29, 0.717) is 12.5 Å². The SMILES string of the molecule is CCC(C)n1ccc(CC(C)(O)c2ccc(C)cc2)n1. The Balaban J connectivity index is 2.15. The van der Waals surface area contributed by atoms with E-state index in [-0.39, 0.29) is 0 Å². The average molecular weight is 272 g/mol. The molecule has 3 nitrogen and oxygen atoms in total. The highest BCUT2D eigenvalue weighted by Crippen LogP contribution is 2.25. The van der Waals surface area contributed by atoms with Gasteiger partial charge >= 0.3 is 0 Å². The van der Waals surface area contributed by atoms with Crippen molar-refractivity contribution >= 4 is 0 Å². The Kier molecular flexibility index (Phi) is 4.29. The molecule has 0 saturated carbocycles. The fourth-order valence-electron chi connectivity index (χ4n) is 2.27. The third-order valence-corrected chi connectivity index (χ3v) is 3.90. The van der Waals surface area contributed by atoms with Gasteiger partial charge in [-0.3, -0.25) is 4.68 Å². The summed E-state index contributed by atoms with van der Waals surface area (Å²) in [6, 6.07) is 10.4. The van der Waals surface area contributed by atoms with E-state index in [0.717, 1.165) is 17.7 Å². The zero-order valence-electron chi connectivity index (χ0n) is 12.8. The van der Waals surface area contributed by atoms with Gasteiger partial charge in [-0.05, 0) is 38.8 Å². The quantitative estimate of drug-likeness (QED) is 0.903. The third-order valence-electron chi connectivity index (χ3n) is 3.90. The predicted molar refractivity (Wildman–Crippen MR) is 81.7 cm³/mol. The molecule has 0 amide bonds. The van der Waals surface area contributed by atoms with Crippen LogP contribution in [0.3, 0.4) is 0 Å². The highest BCUT2D eigenvalue weighted by Gasteiger charge is 2.24. The first-order chi connectivity index (χ1) is 9.42. The van der Waals surface area contributed by atoms with Crippen molar-refractivity contribution in [3.63, 3.8) is 0 Å². The van der Waals surface area contributed by atoms with Crippen molar-refractivity contribution in [2.75, 3.05) is 0 Å². The van der Waals surface area contributed by atoms with Crippen LogP contribution in [0.2, 0.25) is 0 Å². The zero-order chi connectivity index (χ0) is 14.8. The van der Waals surface area contributed by atoms with Crippen LogP contribution in [0.1, 0.15) is 50.1 Å². The highest BCUT2D eigenvalue weighted by molar-refractivity contribution is 5.27. The molecule has 0 fully saturated rings. The Hall–Kier alpha value is -1.61. The van der Waals surface area contributed by atoms with E-state index in [1.54, 1.807) is 0 Å². The van der Waals surface area contributed by atoms with Crippen LogP contribution in [0.5, 0.6) is 0 Å². The molecule has 0 aliphatic heterocycles. The third kappa shape index (κ3) is 3.28. The van der Waals surface area contributed by atoms with Gasteiger partial charge in [0.2, 0.25) is 0 Å². The molecule has 0 bridgehead atoms. The molecule has 0 saturated heterocycles. The number of rotatable bonds is 5. The summed E-state index contributed by atoms with van der Waals surface area (Å²) in [7, 11) is 0. The minimum atomic E-state index is -0.887. The molecule has 2 rings (SSSR count). The maximum atomic E-state index is 10.7. The molecule has 3 heteroatoms. The molecule has 20 heavy (non-hydrogen) atoms. The van der Waals surface area contributed by atoms with Gasteiger partial charge in [-0.1, -0.05) is 36.8 Å². The molecule has 1 aromatic carbocycles.